The number of piperidine rings is 1. The summed E-state index contributed by atoms with van der Waals surface area (Å²) in [4.78, 5) is 47.7. The van der Waals surface area contributed by atoms with Crippen LogP contribution in [-0.4, -0.2) is 84.0 Å². The van der Waals surface area contributed by atoms with Gasteiger partial charge in [0.2, 0.25) is 5.91 Å². The molecule has 5 atom stereocenters. The fourth-order valence-corrected chi connectivity index (χ4v) is 6.72. The number of nitrogens with zero attached hydrogens (tertiary/aromatic N) is 1. The van der Waals surface area contributed by atoms with E-state index in [0.29, 0.717) is 23.5 Å². The number of carbonyl (C=O) groups excluding carboxylic acids is 2. The molecule has 1 spiro atoms. The molecule has 5 rings (SSSR count). The number of allylic oxidation sites excluding steroid dienone is 1. The van der Waals surface area contributed by atoms with Gasteiger partial charge >= 0.3 is 24.1 Å². The van der Waals surface area contributed by atoms with Gasteiger partial charge in [0.25, 0.3) is 0 Å². The second-order valence-electron chi connectivity index (χ2n) is 11.5. The Morgan fingerprint density at radius 1 is 1.19 bits per heavy atom. The second-order valence-corrected chi connectivity index (χ2v) is 11.5. The molecule has 1 saturated heterocycles. The number of alkyl halides is 3. The molecule has 4 aliphatic rings. The van der Waals surface area contributed by atoms with E-state index in [0.717, 1.165) is 31.6 Å². The molecule has 11 nitrogen and oxygen atoms in total. The summed E-state index contributed by atoms with van der Waals surface area (Å²) in [6.45, 7) is 4.36. The summed E-state index contributed by atoms with van der Waals surface area (Å²) in [6.07, 6.45) is -1.20. The first-order chi connectivity index (χ1) is 20.1. The van der Waals surface area contributed by atoms with E-state index < -0.39 is 42.1 Å². The summed E-state index contributed by atoms with van der Waals surface area (Å²) < 4.78 is 49.7. The highest BCUT2D eigenvalue weighted by atomic mass is 19.4. The lowest BCUT2D eigenvalue weighted by Gasteiger charge is -2.56. The molecule has 2 bridgehead atoms. The highest BCUT2D eigenvalue weighted by Crippen LogP contribution is 2.63. The van der Waals surface area contributed by atoms with Crippen LogP contribution in [-0.2, 0) is 35.8 Å². The number of carboxylic acids is 2. The third-order valence-corrected chi connectivity index (χ3v) is 8.71. The fraction of sp³-hybridized carbons (Fsp3) is 0.586. The van der Waals surface area contributed by atoms with Gasteiger partial charge < -0.3 is 34.6 Å². The number of aliphatic carboxylic acids is 2. The summed E-state index contributed by atoms with van der Waals surface area (Å²) in [5.41, 5.74) is 2.20. The standard InChI is InChI=1S/C27H34N2O7.C2HF3O2/c1-14(2)23(26(32)33)28-20(30)9-10-21(31)35-19-8-6-16-17-13-15-5-7-18(34-4)24-22(15)27(16,25(19)36-24)11-12-29(17)3;3-2(4,5)1(6)7/h5,7-8,14,16-17,23,25H,6,9-13H2,1-4H3,(H,28,30)(H,32,33);(H,6,7)/t16?,17-,23+,25+,27+;/m1./s1. The number of halogens is 3. The fourth-order valence-electron chi connectivity index (χ4n) is 6.72. The van der Waals surface area contributed by atoms with Gasteiger partial charge in [-0.25, -0.2) is 9.59 Å². The van der Waals surface area contributed by atoms with Crippen molar-refractivity contribution in [2.45, 2.75) is 75.7 Å². The molecule has 2 aliphatic heterocycles. The van der Waals surface area contributed by atoms with Crippen LogP contribution in [0.25, 0.3) is 0 Å². The van der Waals surface area contributed by atoms with Gasteiger partial charge in [-0.2, -0.15) is 13.2 Å². The van der Waals surface area contributed by atoms with Gasteiger partial charge in [0.05, 0.1) is 13.5 Å². The zero-order chi connectivity index (χ0) is 31.9. The molecule has 0 saturated carbocycles. The molecule has 236 valence electrons. The SMILES string of the molecule is COc1ccc2c3c1O[C@H]1C(OC(=O)CCC(=O)N[C@H](C(=O)O)C(C)C)=CCC4[C@@H](C2)N(C)CC[C@@]341.O=C(O)C(F)(F)F. The van der Waals surface area contributed by atoms with Crippen molar-refractivity contribution in [1.82, 2.24) is 10.2 Å². The largest absolute Gasteiger partial charge is 0.493 e. The maximum atomic E-state index is 12.8. The molecular formula is C29H35F3N2O9. The van der Waals surface area contributed by atoms with Crippen molar-refractivity contribution in [3.63, 3.8) is 0 Å². The van der Waals surface area contributed by atoms with Crippen LogP contribution in [0.1, 0.15) is 50.7 Å². The van der Waals surface area contributed by atoms with Crippen LogP contribution in [0.5, 0.6) is 11.5 Å². The summed E-state index contributed by atoms with van der Waals surface area (Å²) in [5.74, 6) is -2.86. The Bertz CT molecular complexity index is 1330. The maximum absolute atomic E-state index is 12.8. The van der Waals surface area contributed by atoms with Gasteiger partial charge in [-0.05, 0) is 62.4 Å². The van der Waals surface area contributed by atoms with Crippen molar-refractivity contribution < 1.29 is 56.8 Å². The van der Waals surface area contributed by atoms with Crippen molar-refractivity contribution in [1.29, 1.82) is 0 Å². The molecule has 14 heteroatoms. The van der Waals surface area contributed by atoms with E-state index in [1.165, 1.54) is 11.1 Å². The van der Waals surface area contributed by atoms with Gasteiger partial charge in [-0.3, -0.25) is 9.59 Å². The molecule has 1 fully saturated rings. The molecule has 43 heavy (non-hydrogen) atoms. The van der Waals surface area contributed by atoms with Crippen molar-refractivity contribution in [2.75, 3.05) is 20.7 Å². The Morgan fingerprint density at radius 2 is 1.86 bits per heavy atom. The molecule has 2 aliphatic carbocycles. The number of methoxy groups -OCH3 is 1. The molecule has 1 amide bonds. The molecule has 1 aromatic rings. The molecular weight excluding hydrogens is 577 g/mol. The average molecular weight is 613 g/mol. The third kappa shape index (κ3) is 6.01. The number of benzene rings is 1. The first-order valence-electron chi connectivity index (χ1n) is 13.9. The van der Waals surface area contributed by atoms with Gasteiger partial charge in [-0.15, -0.1) is 0 Å². The first-order valence-corrected chi connectivity index (χ1v) is 13.9. The van der Waals surface area contributed by atoms with Crippen LogP contribution in [0.2, 0.25) is 0 Å². The van der Waals surface area contributed by atoms with Crippen LogP contribution >= 0.6 is 0 Å². The first kappa shape index (κ1) is 32.1. The summed E-state index contributed by atoms with van der Waals surface area (Å²) >= 11 is 0. The third-order valence-electron chi connectivity index (χ3n) is 8.71. The predicted octanol–water partition coefficient (Wildman–Crippen LogP) is 3.04. The van der Waals surface area contributed by atoms with Crippen molar-refractivity contribution in [2.24, 2.45) is 11.8 Å². The number of rotatable bonds is 8. The highest BCUT2D eigenvalue weighted by Gasteiger charge is 2.64. The summed E-state index contributed by atoms with van der Waals surface area (Å²) in [6, 6.07) is 3.48. The van der Waals surface area contributed by atoms with Crippen LogP contribution in [0.3, 0.4) is 0 Å². The van der Waals surface area contributed by atoms with Crippen LogP contribution in [0, 0.1) is 11.8 Å². The Hall–Kier alpha value is -3.81. The van der Waals surface area contributed by atoms with Crippen molar-refractivity contribution >= 4 is 23.8 Å². The minimum absolute atomic E-state index is 0.146. The quantitative estimate of drug-likeness (QED) is 0.374. The number of esters is 1. The number of likely N-dealkylation sites (N-methyl/N-ethyl adjacent to an activating group) is 1. The lowest BCUT2D eigenvalue weighted by atomic mass is 9.53. The van der Waals surface area contributed by atoms with E-state index >= 15 is 0 Å². The second kappa shape index (κ2) is 12.1. The smallest absolute Gasteiger partial charge is 0.490 e. The normalized spacial score (nSPS) is 25.7. The average Bonchev–Trinajstić information content (AvgIpc) is 3.28. The molecule has 2 heterocycles. The minimum atomic E-state index is -5.08. The number of ether oxygens (including phenoxy) is 3. The van der Waals surface area contributed by atoms with Crippen molar-refractivity contribution in [3.8, 4) is 11.5 Å². The number of carbonyl (C=O) groups is 4. The Balaban J connectivity index is 0.000000541. The highest BCUT2D eigenvalue weighted by molar-refractivity contribution is 5.86. The summed E-state index contributed by atoms with van der Waals surface area (Å²) in [7, 11) is 3.81. The zero-order valence-electron chi connectivity index (χ0n) is 24.2. The topological polar surface area (TPSA) is 152 Å². The maximum Gasteiger partial charge on any atom is 0.490 e. The van der Waals surface area contributed by atoms with E-state index in [4.69, 9.17) is 24.1 Å². The molecule has 3 N–H and O–H groups in total. The lowest BCUT2D eigenvalue weighted by molar-refractivity contribution is -0.192. The van der Waals surface area contributed by atoms with E-state index in [9.17, 15) is 32.7 Å². The predicted molar refractivity (Wildman–Crippen MR) is 143 cm³/mol. The van der Waals surface area contributed by atoms with Gasteiger partial charge in [0.1, 0.15) is 11.8 Å². The van der Waals surface area contributed by atoms with E-state index in [-0.39, 0.29) is 24.2 Å². The van der Waals surface area contributed by atoms with E-state index in [1.54, 1.807) is 21.0 Å². The van der Waals surface area contributed by atoms with Gasteiger partial charge in [-0.1, -0.05) is 19.9 Å². The Kier molecular flexibility index (Phi) is 9.00. The zero-order valence-corrected chi connectivity index (χ0v) is 24.2. The number of hydrogen-bond donors (Lipinski definition) is 3. The van der Waals surface area contributed by atoms with Gasteiger partial charge in [0.15, 0.2) is 17.6 Å². The van der Waals surface area contributed by atoms with Crippen LogP contribution < -0.4 is 14.8 Å². The van der Waals surface area contributed by atoms with Crippen molar-refractivity contribution in [3.05, 3.63) is 35.1 Å². The number of hydrogen-bond acceptors (Lipinski definition) is 8. The summed E-state index contributed by atoms with van der Waals surface area (Å²) in [5, 5.41) is 18.9. The van der Waals surface area contributed by atoms with E-state index in [1.807, 2.05) is 12.1 Å². The lowest BCUT2D eigenvalue weighted by Crippen LogP contribution is -2.63. The van der Waals surface area contributed by atoms with Gasteiger partial charge in [0, 0.05) is 23.4 Å². The van der Waals surface area contributed by atoms with Crippen LogP contribution in [0.4, 0.5) is 13.2 Å². The Morgan fingerprint density at radius 3 is 2.44 bits per heavy atom. The number of carboxylic acid groups (broad SMARTS) is 2. The molecule has 1 aromatic carbocycles. The molecule has 0 aromatic heterocycles. The van der Waals surface area contributed by atoms with Crippen LogP contribution in [0.15, 0.2) is 24.0 Å². The minimum Gasteiger partial charge on any atom is -0.493 e. The van der Waals surface area contributed by atoms with E-state index in [2.05, 4.69) is 23.3 Å². The number of likely N-dealkylation sites (tertiary alicyclic amines) is 1. The molecule has 1 unspecified atom stereocenters. The Labute approximate surface area is 245 Å². The monoisotopic (exact) mass is 612 g/mol. The molecule has 0 radical (unpaired) electrons. The number of amides is 1. The number of nitrogens with one attached hydrogen (secondary N) is 1.